The van der Waals surface area contributed by atoms with Gasteiger partial charge in [0.2, 0.25) is 0 Å². The summed E-state index contributed by atoms with van der Waals surface area (Å²) in [5.74, 6) is 1.12. The molecular weight excluding hydrogens is 388 g/mol. The summed E-state index contributed by atoms with van der Waals surface area (Å²) in [4.78, 5) is 12.5. The summed E-state index contributed by atoms with van der Waals surface area (Å²) in [7, 11) is 0. The van der Waals surface area contributed by atoms with Gasteiger partial charge < -0.3 is 9.47 Å². The topological polar surface area (TPSA) is 33.4 Å². The lowest BCUT2D eigenvalue weighted by Crippen LogP contribution is -2.35. The fourth-order valence-corrected chi connectivity index (χ4v) is 6.30. The highest BCUT2D eigenvalue weighted by Crippen LogP contribution is 2.49. The average Bonchev–Trinajstić information content (AvgIpc) is 3.41. The van der Waals surface area contributed by atoms with Gasteiger partial charge in [-0.25, -0.2) is 0 Å². The Hall–Kier alpha value is -2.53. The maximum absolute atomic E-state index is 5.18. The second kappa shape index (κ2) is 7.62. The number of para-hydroxylation sites is 1. The highest BCUT2D eigenvalue weighted by atomic mass is 32.2. The first-order chi connectivity index (χ1) is 14.6. The molecule has 2 aromatic heterocycles. The number of hydrogen-bond donors (Lipinski definition) is 0. The van der Waals surface area contributed by atoms with Gasteiger partial charge in [0.1, 0.15) is 6.04 Å². The van der Waals surface area contributed by atoms with Crippen LogP contribution in [0.15, 0.2) is 59.7 Å². The smallest absolute Gasteiger partial charge is 0.160 e. The van der Waals surface area contributed by atoms with Crippen molar-refractivity contribution in [3.05, 3.63) is 82.9 Å². The zero-order valence-electron chi connectivity index (χ0n) is 18.0. The predicted octanol–water partition coefficient (Wildman–Crippen LogP) is 5.78. The molecule has 1 aromatic carbocycles. The summed E-state index contributed by atoms with van der Waals surface area (Å²) < 4.78 is 2.41. The molecule has 0 radical (unpaired) electrons. The number of thioether (sulfide) groups is 1. The normalized spacial score (nSPS) is 23.0. The molecule has 5 heteroatoms. The SMILES string of the molecule is CC[C@H]1CSC2=N[C@H](c3ccccn3)[C@@H](c3cc(C)n(-c4ccccc4C)c3C)N21. The van der Waals surface area contributed by atoms with Crippen LogP contribution < -0.4 is 0 Å². The van der Waals surface area contributed by atoms with Gasteiger partial charge in [-0.05, 0) is 62.6 Å². The first kappa shape index (κ1) is 19.4. The number of aliphatic imine (C=N–C) groups is 1. The van der Waals surface area contributed by atoms with E-state index in [4.69, 9.17) is 9.98 Å². The molecule has 0 spiro atoms. The van der Waals surface area contributed by atoms with E-state index in [0.29, 0.717) is 6.04 Å². The van der Waals surface area contributed by atoms with Crippen molar-refractivity contribution in [2.75, 3.05) is 5.75 Å². The van der Waals surface area contributed by atoms with Crippen LogP contribution in [0.25, 0.3) is 5.69 Å². The highest BCUT2D eigenvalue weighted by molar-refractivity contribution is 8.14. The monoisotopic (exact) mass is 416 g/mol. The molecule has 0 amide bonds. The molecule has 154 valence electrons. The number of rotatable bonds is 4. The van der Waals surface area contributed by atoms with Crippen LogP contribution >= 0.6 is 11.8 Å². The van der Waals surface area contributed by atoms with Crippen LogP contribution in [-0.4, -0.2) is 31.4 Å². The van der Waals surface area contributed by atoms with Crippen molar-refractivity contribution in [1.29, 1.82) is 0 Å². The molecular formula is C25H28N4S. The van der Waals surface area contributed by atoms with Crippen molar-refractivity contribution < 1.29 is 0 Å². The Morgan fingerprint density at radius 2 is 1.87 bits per heavy atom. The van der Waals surface area contributed by atoms with E-state index in [1.54, 1.807) is 0 Å². The number of pyridine rings is 1. The van der Waals surface area contributed by atoms with E-state index < -0.39 is 0 Å². The minimum Gasteiger partial charge on any atom is -0.338 e. The van der Waals surface area contributed by atoms with Gasteiger partial charge in [-0.15, -0.1) is 0 Å². The molecule has 0 N–H and O–H groups in total. The maximum atomic E-state index is 5.18. The zero-order valence-corrected chi connectivity index (χ0v) is 18.9. The highest BCUT2D eigenvalue weighted by Gasteiger charge is 2.46. The van der Waals surface area contributed by atoms with E-state index in [2.05, 4.69) is 79.6 Å². The lowest BCUT2D eigenvalue weighted by atomic mass is 9.95. The maximum Gasteiger partial charge on any atom is 0.160 e. The van der Waals surface area contributed by atoms with Crippen molar-refractivity contribution in [2.45, 2.75) is 52.2 Å². The van der Waals surface area contributed by atoms with Crippen LogP contribution in [0, 0.1) is 20.8 Å². The van der Waals surface area contributed by atoms with Crippen LogP contribution in [0.4, 0.5) is 0 Å². The molecule has 3 aromatic rings. The minimum atomic E-state index is 0.0360. The number of nitrogens with zero attached hydrogens (tertiary/aromatic N) is 4. The van der Waals surface area contributed by atoms with Gasteiger partial charge in [0.15, 0.2) is 5.17 Å². The fourth-order valence-electron chi connectivity index (χ4n) is 4.96. The Morgan fingerprint density at radius 3 is 2.60 bits per heavy atom. The summed E-state index contributed by atoms with van der Waals surface area (Å²) in [6.45, 7) is 8.94. The van der Waals surface area contributed by atoms with Crippen molar-refractivity contribution in [3.63, 3.8) is 0 Å². The molecule has 0 aliphatic carbocycles. The van der Waals surface area contributed by atoms with Crippen molar-refractivity contribution >= 4 is 16.9 Å². The van der Waals surface area contributed by atoms with Crippen LogP contribution in [-0.2, 0) is 0 Å². The molecule has 5 rings (SSSR count). The van der Waals surface area contributed by atoms with Crippen LogP contribution in [0.1, 0.15) is 53.6 Å². The minimum absolute atomic E-state index is 0.0360. The number of aryl methyl sites for hydroxylation is 2. The van der Waals surface area contributed by atoms with E-state index in [0.717, 1.165) is 17.9 Å². The summed E-state index contributed by atoms with van der Waals surface area (Å²) in [6, 6.07) is 17.9. The number of hydrogen-bond acceptors (Lipinski definition) is 4. The van der Waals surface area contributed by atoms with Gasteiger partial charge >= 0.3 is 0 Å². The van der Waals surface area contributed by atoms with Crippen LogP contribution in [0.3, 0.4) is 0 Å². The lowest BCUT2D eigenvalue weighted by Gasteiger charge is -2.32. The van der Waals surface area contributed by atoms with E-state index in [9.17, 15) is 0 Å². The Morgan fingerprint density at radius 1 is 1.07 bits per heavy atom. The second-order valence-electron chi connectivity index (χ2n) is 8.28. The van der Waals surface area contributed by atoms with E-state index in [1.165, 1.54) is 33.4 Å². The number of fused-ring (bicyclic) bond motifs is 1. The summed E-state index contributed by atoms with van der Waals surface area (Å²) in [5, 5.41) is 1.18. The predicted molar refractivity (Wildman–Crippen MR) is 126 cm³/mol. The summed E-state index contributed by atoms with van der Waals surface area (Å²) >= 11 is 1.90. The number of aromatic nitrogens is 2. The Bertz CT molecular complexity index is 1100. The third-order valence-electron chi connectivity index (χ3n) is 6.47. The zero-order chi connectivity index (χ0) is 20.8. The van der Waals surface area contributed by atoms with Gasteiger partial charge in [-0.1, -0.05) is 43.0 Å². The quantitative estimate of drug-likeness (QED) is 0.541. The van der Waals surface area contributed by atoms with E-state index >= 15 is 0 Å². The lowest BCUT2D eigenvalue weighted by molar-refractivity contribution is 0.254. The Labute approximate surface area is 183 Å². The molecule has 2 aliphatic rings. The van der Waals surface area contributed by atoms with Gasteiger partial charge in [0.05, 0.1) is 11.7 Å². The molecule has 2 aliphatic heterocycles. The first-order valence-electron chi connectivity index (χ1n) is 10.7. The van der Waals surface area contributed by atoms with Gasteiger partial charge in [-0.2, -0.15) is 0 Å². The molecule has 4 nitrogen and oxygen atoms in total. The third kappa shape index (κ3) is 2.99. The van der Waals surface area contributed by atoms with E-state index in [-0.39, 0.29) is 12.1 Å². The fraction of sp³-hybridized carbons (Fsp3) is 0.360. The second-order valence-corrected chi connectivity index (χ2v) is 9.27. The third-order valence-corrected chi connectivity index (χ3v) is 7.60. The molecule has 0 unspecified atom stereocenters. The van der Waals surface area contributed by atoms with Crippen molar-refractivity contribution in [3.8, 4) is 5.69 Å². The number of amidine groups is 1. The average molecular weight is 417 g/mol. The molecule has 1 saturated heterocycles. The molecule has 30 heavy (non-hydrogen) atoms. The van der Waals surface area contributed by atoms with Crippen molar-refractivity contribution in [1.82, 2.24) is 14.5 Å². The van der Waals surface area contributed by atoms with Gasteiger partial charge in [0, 0.05) is 35.1 Å². The first-order valence-corrected chi connectivity index (χ1v) is 11.7. The molecule has 3 atom stereocenters. The van der Waals surface area contributed by atoms with Gasteiger partial charge in [0.25, 0.3) is 0 Å². The molecule has 0 saturated carbocycles. The largest absolute Gasteiger partial charge is 0.338 e. The standard InChI is InChI=1S/C25H28N4S/c1-5-19-15-30-25-27-23(21-11-8-9-13-26-21)24(29(19)25)20-14-17(3)28(18(20)4)22-12-7-6-10-16(22)2/h6-14,19,23-24H,5,15H2,1-4H3/t19-,23+,24+/m0/s1. The summed E-state index contributed by atoms with van der Waals surface area (Å²) in [5.41, 5.74) is 7.54. The van der Waals surface area contributed by atoms with Crippen LogP contribution in [0.5, 0.6) is 0 Å². The van der Waals surface area contributed by atoms with Gasteiger partial charge in [-0.3, -0.25) is 9.98 Å². The Kier molecular flexibility index (Phi) is 4.94. The van der Waals surface area contributed by atoms with Crippen molar-refractivity contribution in [2.24, 2.45) is 4.99 Å². The van der Waals surface area contributed by atoms with Crippen LogP contribution in [0.2, 0.25) is 0 Å². The molecule has 0 bridgehead atoms. The molecule has 4 heterocycles. The number of benzene rings is 1. The molecule has 1 fully saturated rings. The summed E-state index contributed by atoms with van der Waals surface area (Å²) in [6.07, 6.45) is 3.02. The van der Waals surface area contributed by atoms with E-state index in [1.807, 2.05) is 24.0 Å². The Balaban J connectivity index is 1.66.